The molecule has 0 bridgehead atoms. The van der Waals surface area contributed by atoms with Crippen LogP contribution in [-0.4, -0.2) is 35.8 Å². The van der Waals surface area contributed by atoms with Crippen LogP contribution in [0.25, 0.3) is 5.69 Å². The summed E-state index contributed by atoms with van der Waals surface area (Å²) < 4.78 is 39.1. The second-order valence-electron chi connectivity index (χ2n) is 4.95. The minimum absolute atomic E-state index is 0.163. The van der Waals surface area contributed by atoms with E-state index in [1.54, 1.807) is 0 Å². The van der Waals surface area contributed by atoms with E-state index in [0.717, 1.165) is 12.1 Å². The molecule has 1 aromatic carbocycles. The lowest BCUT2D eigenvalue weighted by atomic mass is 10.2. The molecule has 26 heavy (non-hydrogen) atoms. The molecule has 3 rings (SSSR count). The van der Waals surface area contributed by atoms with Gasteiger partial charge in [-0.2, -0.15) is 18.2 Å². The zero-order valence-electron chi connectivity index (χ0n) is 12.9. The quantitative estimate of drug-likeness (QED) is 0.279. The average Bonchev–Trinajstić information content (AvgIpc) is 3.09. The van der Waals surface area contributed by atoms with E-state index in [-0.39, 0.29) is 17.5 Å². The van der Waals surface area contributed by atoms with Crippen LogP contribution in [0.1, 0.15) is 11.3 Å². The molecule has 0 aliphatic heterocycles. The summed E-state index contributed by atoms with van der Waals surface area (Å²) in [5.41, 5.74) is 5.22. The van der Waals surface area contributed by atoms with Crippen LogP contribution in [0.4, 0.5) is 24.9 Å². The molecule has 0 radical (unpaired) electrons. The van der Waals surface area contributed by atoms with Crippen LogP contribution in [0.5, 0.6) is 0 Å². The third kappa shape index (κ3) is 3.68. The van der Waals surface area contributed by atoms with Crippen molar-refractivity contribution in [3.05, 3.63) is 54.2 Å². The Morgan fingerprint density at radius 1 is 1.12 bits per heavy atom. The molecule has 0 aliphatic rings. The molecule has 0 fully saturated rings. The molecule has 12 heteroatoms. The minimum Gasteiger partial charge on any atom is -0.409 e. The van der Waals surface area contributed by atoms with Crippen molar-refractivity contribution in [2.24, 2.45) is 10.9 Å². The SMILES string of the molecule is N/C(=N\O)c1cnc(Nc2ncn(-c3ccc(C(F)(F)F)cc3)n2)cn1. The van der Waals surface area contributed by atoms with Crippen LogP contribution in [0.15, 0.2) is 48.1 Å². The number of halogens is 3. The Kier molecular flexibility index (Phi) is 4.39. The molecule has 4 N–H and O–H groups in total. The van der Waals surface area contributed by atoms with E-state index in [4.69, 9.17) is 10.9 Å². The van der Waals surface area contributed by atoms with Gasteiger partial charge in [0, 0.05) is 0 Å². The van der Waals surface area contributed by atoms with Gasteiger partial charge in [0.25, 0.3) is 0 Å². The Hall–Kier alpha value is -3.70. The monoisotopic (exact) mass is 364 g/mol. The largest absolute Gasteiger partial charge is 0.416 e. The normalized spacial score (nSPS) is 12.2. The van der Waals surface area contributed by atoms with E-state index in [1.807, 2.05) is 0 Å². The first-order valence-electron chi connectivity index (χ1n) is 7.03. The van der Waals surface area contributed by atoms with Gasteiger partial charge in [-0.25, -0.2) is 14.6 Å². The number of hydrogen-bond acceptors (Lipinski definition) is 7. The topological polar surface area (TPSA) is 127 Å². The van der Waals surface area contributed by atoms with Crippen LogP contribution in [0.3, 0.4) is 0 Å². The van der Waals surface area contributed by atoms with E-state index < -0.39 is 11.7 Å². The minimum atomic E-state index is -4.40. The summed E-state index contributed by atoms with van der Waals surface area (Å²) in [5.74, 6) is 0.272. The summed E-state index contributed by atoms with van der Waals surface area (Å²) in [5, 5.41) is 18.2. The lowest BCUT2D eigenvalue weighted by molar-refractivity contribution is -0.137. The predicted molar refractivity (Wildman–Crippen MR) is 84.2 cm³/mol. The van der Waals surface area contributed by atoms with E-state index in [0.29, 0.717) is 11.5 Å². The molecule has 0 saturated carbocycles. The van der Waals surface area contributed by atoms with Crippen molar-refractivity contribution in [3.63, 3.8) is 0 Å². The van der Waals surface area contributed by atoms with Gasteiger partial charge in [-0.15, -0.1) is 5.10 Å². The fourth-order valence-corrected chi connectivity index (χ4v) is 1.94. The first-order valence-corrected chi connectivity index (χ1v) is 7.03. The van der Waals surface area contributed by atoms with Crippen LogP contribution in [-0.2, 0) is 6.18 Å². The zero-order chi connectivity index (χ0) is 18.7. The number of alkyl halides is 3. The van der Waals surface area contributed by atoms with Gasteiger partial charge in [0.1, 0.15) is 12.0 Å². The molecule has 0 spiro atoms. The average molecular weight is 364 g/mol. The van der Waals surface area contributed by atoms with Crippen LogP contribution in [0, 0.1) is 0 Å². The van der Waals surface area contributed by atoms with Crippen molar-refractivity contribution in [3.8, 4) is 5.69 Å². The van der Waals surface area contributed by atoms with Crippen LogP contribution >= 0.6 is 0 Å². The van der Waals surface area contributed by atoms with Crippen LogP contribution < -0.4 is 11.1 Å². The number of anilines is 2. The highest BCUT2D eigenvalue weighted by molar-refractivity contribution is 5.94. The third-order valence-corrected chi connectivity index (χ3v) is 3.21. The van der Waals surface area contributed by atoms with Crippen molar-refractivity contribution in [2.75, 3.05) is 5.32 Å². The Labute approximate surface area is 144 Å². The molecule has 9 nitrogen and oxygen atoms in total. The Bertz CT molecular complexity index is 919. The molecule has 3 aromatic rings. The van der Waals surface area contributed by atoms with Gasteiger partial charge in [0.05, 0.1) is 23.6 Å². The second-order valence-corrected chi connectivity index (χ2v) is 4.95. The van der Waals surface area contributed by atoms with Gasteiger partial charge in [-0.3, -0.25) is 0 Å². The molecule has 2 heterocycles. The maximum atomic E-state index is 12.6. The molecular formula is C14H11F3N8O. The first-order chi connectivity index (χ1) is 12.4. The Morgan fingerprint density at radius 3 is 2.42 bits per heavy atom. The predicted octanol–water partition coefficient (Wildman–Crippen LogP) is 1.91. The van der Waals surface area contributed by atoms with Gasteiger partial charge < -0.3 is 16.3 Å². The lowest BCUT2D eigenvalue weighted by Crippen LogP contribution is -2.15. The summed E-state index contributed by atoms with van der Waals surface area (Å²) in [4.78, 5) is 11.9. The van der Waals surface area contributed by atoms with Crippen molar-refractivity contribution >= 4 is 17.6 Å². The third-order valence-electron chi connectivity index (χ3n) is 3.21. The summed E-state index contributed by atoms with van der Waals surface area (Å²) in [6, 6.07) is 4.49. The van der Waals surface area contributed by atoms with E-state index >= 15 is 0 Å². The van der Waals surface area contributed by atoms with Gasteiger partial charge in [0.15, 0.2) is 11.7 Å². The fourth-order valence-electron chi connectivity index (χ4n) is 1.94. The van der Waals surface area contributed by atoms with Crippen LogP contribution in [0.2, 0.25) is 0 Å². The van der Waals surface area contributed by atoms with Crippen molar-refractivity contribution in [1.29, 1.82) is 0 Å². The summed E-state index contributed by atoms with van der Waals surface area (Å²) >= 11 is 0. The summed E-state index contributed by atoms with van der Waals surface area (Å²) in [6.45, 7) is 0. The molecule has 0 unspecified atom stereocenters. The van der Waals surface area contributed by atoms with Crippen molar-refractivity contribution in [1.82, 2.24) is 24.7 Å². The highest BCUT2D eigenvalue weighted by Crippen LogP contribution is 2.29. The van der Waals surface area contributed by atoms with E-state index in [9.17, 15) is 13.2 Å². The smallest absolute Gasteiger partial charge is 0.409 e. The van der Waals surface area contributed by atoms with Gasteiger partial charge in [0.2, 0.25) is 5.95 Å². The molecule has 0 amide bonds. The standard InChI is InChI=1S/C14H11F3N8O/c15-14(16,17)8-1-3-9(4-2-8)25-7-21-13(23-25)22-11-6-19-10(5-20-11)12(18)24-26/h1-7,26H,(H2,18,24)(H,20,22,23). The number of oxime groups is 1. The van der Waals surface area contributed by atoms with E-state index in [2.05, 4.69) is 30.5 Å². The molecule has 0 saturated heterocycles. The fraction of sp³-hybridized carbons (Fsp3) is 0.0714. The maximum Gasteiger partial charge on any atom is 0.416 e. The molecule has 134 valence electrons. The zero-order valence-corrected chi connectivity index (χ0v) is 12.9. The maximum absolute atomic E-state index is 12.6. The number of nitrogens with zero attached hydrogens (tertiary/aromatic N) is 6. The van der Waals surface area contributed by atoms with E-state index in [1.165, 1.54) is 35.5 Å². The van der Waals surface area contributed by atoms with Gasteiger partial charge >= 0.3 is 6.18 Å². The number of nitrogens with one attached hydrogen (secondary N) is 1. The Morgan fingerprint density at radius 2 is 1.85 bits per heavy atom. The summed E-state index contributed by atoms with van der Waals surface area (Å²) in [6.07, 6.45) is -0.456. The highest BCUT2D eigenvalue weighted by atomic mass is 19.4. The number of benzene rings is 1. The number of rotatable bonds is 4. The molecule has 0 aliphatic carbocycles. The molecule has 0 atom stereocenters. The lowest BCUT2D eigenvalue weighted by Gasteiger charge is -2.07. The molecule has 2 aromatic heterocycles. The molecular weight excluding hydrogens is 353 g/mol. The van der Waals surface area contributed by atoms with Gasteiger partial charge in [-0.05, 0) is 24.3 Å². The Balaban J connectivity index is 1.74. The first kappa shape index (κ1) is 17.1. The number of aromatic nitrogens is 5. The van der Waals surface area contributed by atoms with Crippen molar-refractivity contribution < 1.29 is 18.4 Å². The number of amidine groups is 1. The summed E-state index contributed by atoms with van der Waals surface area (Å²) in [7, 11) is 0. The number of nitrogens with two attached hydrogens (primary N) is 1. The number of hydrogen-bond donors (Lipinski definition) is 3. The van der Waals surface area contributed by atoms with Gasteiger partial charge in [-0.1, -0.05) is 5.16 Å². The highest BCUT2D eigenvalue weighted by Gasteiger charge is 2.30. The van der Waals surface area contributed by atoms with Crippen molar-refractivity contribution in [2.45, 2.75) is 6.18 Å². The second kappa shape index (κ2) is 6.66.